The van der Waals surface area contributed by atoms with Crippen LogP contribution < -0.4 is 11.5 Å². The minimum Gasteiger partial charge on any atom is -0.396 e. The maximum Gasteiger partial charge on any atom is 0.193 e. The third kappa shape index (κ3) is 2.79. The van der Waals surface area contributed by atoms with Crippen molar-refractivity contribution in [1.29, 1.82) is 0 Å². The van der Waals surface area contributed by atoms with Crippen molar-refractivity contribution in [2.75, 3.05) is 11.5 Å². The van der Waals surface area contributed by atoms with E-state index in [-0.39, 0.29) is 22.5 Å². The van der Waals surface area contributed by atoms with Gasteiger partial charge in [-0.05, 0) is 48.2 Å². The molecule has 0 fully saturated rings. The summed E-state index contributed by atoms with van der Waals surface area (Å²) in [4.78, 5) is 12.5. The van der Waals surface area contributed by atoms with Gasteiger partial charge < -0.3 is 11.5 Å². The van der Waals surface area contributed by atoms with Crippen molar-refractivity contribution >= 4 is 17.2 Å². The summed E-state index contributed by atoms with van der Waals surface area (Å²) in [5, 5.41) is 0. The molecule has 0 aromatic heterocycles. The van der Waals surface area contributed by atoms with Crippen LogP contribution in [0.5, 0.6) is 0 Å². The Balaban J connectivity index is 2.53. The van der Waals surface area contributed by atoms with Crippen LogP contribution in [-0.2, 0) is 12.8 Å². The summed E-state index contributed by atoms with van der Waals surface area (Å²) in [5.74, 6) is -1.74. The van der Waals surface area contributed by atoms with Crippen LogP contribution in [0.15, 0.2) is 24.3 Å². The van der Waals surface area contributed by atoms with Crippen molar-refractivity contribution in [3.63, 3.8) is 0 Å². The van der Waals surface area contributed by atoms with E-state index in [4.69, 9.17) is 11.5 Å². The fraction of sp³-hybridized carbons (Fsp3) is 0.235. The normalized spacial score (nSPS) is 10.7. The molecule has 0 bridgehead atoms. The highest BCUT2D eigenvalue weighted by Crippen LogP contribution is 2.24. The number of hydrogen-bond donors (Lipinski definition) is 2. The van der Waals surface area contributed by atoms with Crippen LogP contribution in [0.4, 0.5) is 20.2 Å². The number of carbonyl (C=O) groups is 1. The summed E-state index contributed by atoms with van der Waals surface area (Å²) in [6, 6.07) is 5.24. The molecule has 2 rings (SSSR count). The van der Waals surface area contributed by atoms with Crippen molar-refractivity contribution in [1.82, 2.24) is 0 Å². The summed E-state index contributed by atoms with van der Waals surface area (Å²) in [6.45, 7) is 3.63. The Morgan fingerprint density at radius 2 is 1.23 bits per heavy atom. The zero-order chi connectivity index (χ0) is 16.4. The van der Waals surface area contributed by atoms with Gasteiger partial charge in [-0.15, -0.1) is 0 Å². The van der Waals surface area contributed by atoms with Gasteiger partial charge in [0.1, 0.15) is 11.6 Å². The average Bonchev–Trinajstić information content (AvgIpc) is 2.51. The molecule has 0 unspecified atom stereocenters. The zero-order valence-corrected chi connectivity index (χ0v) is 12.5. The van der Waals surface area contributed by atoms with Gasteiger partial charge in [0.2, 0.25) is 0 Å². The van der Waals surface area contributed by atoms with Gasteiger partial charge in [-0.2, -0.15) is 0 Å². The van der Waals surface area contributed by atoms with Crippen molar-refractivity contribution in [3.8, 4) is 0 Å². The van der Waals surface area contributed by atoms with Crippen LogP contribution in [0.25, 0.3) is 0 Å². The van der Waals surface area contributed by atoms with Crippen LogP contribution in [0, 0.1) is 11.6 Å². The minimum absolute atomic E-state index is 0.0387. The number of anilines is 2. The van der Waals surface area contributed by atoms with E-state index in [1.165, 1.54) is 0 Å². The summed E-state index contributed by atoms with van der Waals surface area (Å²) in [6.07, 6.45) is 1.00. The summed E-state index contributed by atoms with van der Waals surface area (Å²) >= 11 is 0. The second-order valence-corrected chi connectivity index (χ2v) is 5.10. The molecule has 0 heterocycles. The lowest BCUT2D eigenvalue weighted by atomic mass is 9.96. The molecule has 0 aliphatic carbocycles. The van der Waals surface area contributed by atoms with E-state index >= 15 is 0 Å². The second kappa shape index (κ2) is 6.13. The number of nitrogen functional groups attached to an aromatic ring is 2. The number of halogens is 2. The highest BCUT2D eigenvalue weighted by atomic mass is 19.1. The number of rotatable bonds is 4. The molecule has 0 aliphatic rings. The smallest absolute Gasteiger partial charge is 0.193 e. The first-order valence-corrected chi connectivity index (χ1v) is 7.09. The summed E-state index contributed by atoms with van der Waals surface area (Å²) in [5.41, 5.74) is 12.7. The van der Waals surface area contributed by atoms with Gasteiger partial charge >= 0.3 is 0 Å². The molecule has 0 spiro atoms. The first-order valence-electron chi connectivity index (χ1n) is 7.09. The van der Waals surface area contributed by atoms with Crippen LogP contribution in [-0.4, -0.2) is 5.78 Å². The van der Waals surface area contributed by atoms with Crippen LogP contribution in [0.1, 0.15) is 40.9 Å². The average molecular weight is 304 g/mol. The lowest BCUT2D eigenvalue weighted by molar-refractivity contribution is 0.103. The molecular formula is C17H18F2N2O. The number of benzene rings is 2. The van der Waals surface area contributed by atoms with E-state index in [9.17, 15) is 13.6 Å². The SMILES string of the molecule is CCc1cc(C(=O)c2cc(F)c(N)c(CC)c2)cc(F)c1N. The molecule has 22 heavy (non-hydrogen) atoms. The monoisotopic (exact) mass is 304 g/mol. The van der Waals surface area contributed by atoms with Crippen LogP contribution in [0.2, 0.25) is 0 Å². The van der Waals surface area contributed by atoms with Crippen molar-refractivity contribution < 1.29 is 13.6 Å². The second-order valence-electron chi connectivity index (χ2n) is 5.10. The van der Waals surface area contributed by atoms with Gasteiger partial charge in [0.15, 0.2) is 5.78 Å². The summed E-state index contributed by atoms with van der Waals surface area (Å²) in [7, 11) is 0. The number of ketones is 1. The van der Waals surface area contributed by atoms with Gasteiger partial charge in [-0.1, -0.05) is 13.8 Å². The van der Waals surface area contributed by atoms with Gasteiger partial charge in [-0.3, -0.25) is 4.79 Å². The molecule has 0 aliphatic heterocycles. The fourth-order valence-corrected chi connectivity index (χ4v) is 2.36. The molecule has 2 aromatic carbocycles. The highest BCUT2D eigenvalue weighted by Gasteiger charge is 2.17. The third-order valence-electron chi connectivity index (χ3n) is 3.72. The molecule has 0 saturated heterocycles. The zero-order valence-electron chi connectivity index (χ0n) is 12.5. The van der Waals surface area contributed by atoms with E-state index in [0.717, 1.165) is 12.1 Å². The first kappa shape index (κ1) is 15.9. The topological polar surface area (TPSA) is 69.1 Å². The summed E-state index contributed by atoms with van der Waals surface area (Å²) < 4.78 is 27.6. The third-order valence-corrected chi connectivity index (χ3v) is 3.72. The van der Waals surface area contributed by atoms with E-state index in [2.05, 4.69) is 0 Å². The maximum atomic E-state index is 13.8. The van der Waals surface area contributed by atoms with Gasteiger partial charge in [0, 0.05) is 11.1 Å². The van der Waals surface area contributed by atoms with E-state index < -0.39 is 17.4 Å². The predicted octanol–water partition coefficient (Wildman–Crippen LogP) is 3.49. The Hall–Kier alpha value is -2.43. The van der Waals surface area contributed by atoms with Gasteiger partial charge in [0.05, 0.1) is 11.4 Å². The largest absolute Gasteiger partial charge is 0.396 e. The molecular weight excluding hydrogens is 286 g/mol. The van der Waals surface area contributed by atoms with Crippen LogP contribution in [0.3, 0.4) is 0 Å². The molecule has 0 saturated carbocycles. The van der Waals surface area contributed by atoms with Crippen molar-refractivity contribution in [3.05, 3.63) is 58.2 Å². The lowest BCUT2D eigenvalue weighted by Gasteiger charge is -2.10. The predicted molar refractivity (Wildman–Crippen MR) is 83.8 cm³/mol. The maximum absolute atomic E-state index is 13.8. The number of carbonyl (C=O) groups excluding carboxylic acids is 1. The number of aryl methyl sites for hydroxylation is 2. The Morgan fingerprint density at radius 3 is 1.55 bits per heavy atom. The van der Waals surface area contributed by atoms with Crippen molar-refractivity contribution in [2.24, 2.45) is 0 Å². The molecule has 0 radical (unpaired) electrons. The Bertz CT molecular complexity index is 680. The number of nitrogens with two attached hydrogens (primary N) is 2. The molecule has 5 heteroatoms. The highest BCUT2D eigenvalue weighted by molar-refractivity contribution is 6.09. The molecule has 4 N–H and O–H groups in total. The van der Waals surface area contributed by atoms with Gasteiger partial charge in [0.25, 0.3) is 0 Å². The molecule has 3 nitrogen and oxygen atoms in total. The Morgan fingerprint density at radius 1 is 0.864 bits per heavy atom. The van der Waals surface area contributed by atoms with E-state index in [1.54, 1.807) is 12.1 Å². The van der Waals surface area contributed by atoms with Crippen LogP contribution >= 0.6 is 0 Å². The van der Waals surface area contributed by atoms with E-state index in [1.807, 2.05) is 13.8 Å². The van der Waals surface area contributed by atoms with Gasteiger partial charge in [-0.25, -0.2) is 8.78 Å². The Kier molecular flexibility index (Phi) is 4.45. The molecule has 0 amide bonds. The van der Waals surface area contributed by atoms with E-state index in [0.29, 0.717) is 24.0 Å². The Labute approximate surface area is 127 Å². The molecule has 0 atom stereocenters. The molecule has 116 valence electrons. The molecule has 2 aromatic rings. The van der Waals surface area contributed by atoms with Crippen molar-refractivity contribution in [2.45, 2.75) is 26.7 Å². The standard InChI is InChI=1S/C17H18F2N2O/c1-3-9-5-11(7-13(18)15(9)20)17(22)12-6-10(4-2)16(21)14(19)8-12/h5-8H,3-4,20-21H2,1-2H3. The number of hydrogen-bond acceptors (Lipinski definition) is 3. The lowest BCUT2D eigenvalue weighted by Crippen LogP contribution is -2.08. The quantitative estimate of drug-likeness (QED) is 0.671. The first-order chi connectivity index (χ1) is 10.4. The fourth-order valence-electron chi connectivity index (χ4n) is 2.36. The minimum atomic E-state index is -0.644.